The third kappa shape index (κ3) is 2.27. The zero-order valence-electron chi connectivity index (χ0n) is 9.36. The molecule has 2 aromatic rings. The SMILES string of the molecule is Clc1ccc2c(c1)CC(Nc1cccnc1)C2. The minimum Gasteiger partial charge on any atom is -0.380 e. The van der Waals surface area contributed by atoms with Crippen molar-refractivity contribution in [2.75, 3.05) is 5.32 Å². The molecule has 86 valence electrons. The van der Waals surface area contributed by atoms with Gasteiger partial charge in [-0.15, -0.1) is 0 Å². The molecule has 1 aromatic heterocycles. The van der Waals surface area contributed by atoms with Crippen LogP contribution in [-0.2, 0) is 12.8 Å². The maximum absolute atomic E-state index is 6.00. The summed E-state index contributed by atoms with van der Waals surface area (Å²) in [5.41, 5.74) is 3.84. The second-order valence-corrected chi connectivity index (χ2v) is 4.84. The van der Waals surface area contributed by atoms with Crippen molar-refractivity contribution in [1.82, 2.24) is 4.98 Å². The van der Waals surface area contributed by atoms with Crippen molar-refractivity contribution in [3.63, 3.8) is 0 Å². The summed E-state index contributed by atoms with van der Waals surface area (Å²) < 4.78 is 0. The Morgan fingerprint density at radius 3 is 2.88 bits per heavy atom. The van der Waals surface area contributed by atoms with E-state index in [0.29, 0.717) is 6.04 Å². The van der Waals surface area contributed by atoms with Crippen molar-refractivity contribution in [2.45, 2.75) is 18.9 Å². The van der Waals surface area contributed by atoms with Gasteiger partial charge >= 0.3 is 0 Å². The van der Waals surface area contributed by atoms with Crippen molar-refractivity contribution < 1.29 is 0 Å². The van der Waals surface area contributed by atoms with E-state index in [1.165, 1.54) is 11.1 Å². The average Bonchev–Trinajstić information content (AvgIpc) is 2.71. The Labute approximate surface area is 106 Å². The standard InChI is InChI=1S/C14H13ClN2/c15-12-4-3-10-7-14(8-11(10)6-12)17-13-2-1-5-16-9-13/h1-6,9,14,17H,7-8H2. The predicted octanol–water partition coefficient (Wildman–Crippen LogP) is 3.31. The number of benzene rings is 1. The number of nitrogens with one attached hydrogen (secondary N) is 1. The van der Waals surface area contributed by atoms with Crippen molar-refractivity contribution in [3.8, 4) is 0 Å². The van der Waals surface area contributed by atoms with Crippen LogP contribution in [0, 0.1) is 0 Å². The summed E-state index contributed by atoms with van der Waals surface area (Å²) in [6.07, 6.45) is 5.73. The molecule has 0 amide bonds. The number of pyridine rings is 1. The first-order chi connectivity index (χ1) is 8.31. The van der Waals surface area contributed by atoms with Gasteiger partial charge in [0.15, 0.2) is 0 Å². The van der Waals surface area contributed by atoms with E-state index in [0.717, 1.165) is 23.6 Å². The molecule has 0 fully saturated rings. The van der Waals surface area contributed by atoms with Crippen LogP contribution >= 0.6 is 11.6 Å². The molecule has 0 saturated carbocycles. The molecule has 0 spiro atoms. The molecule has 1 aliphatic carbocycles. The molecule has 2 nitrogen and oxygen atoms in total. The van der Waals surface area contributed by atoms with Crippen molar-refractivity contribution in [2.24, 2.45) is 0 Å². The lowest BCUT2D eigenvalue weighted by molar-refractivity contribution is 0.773. The smallest absolute Gasteiger partial charge is 0.0529 e. The molecule has 0 bridgehead atoms. The molecule has 1 N–H and O–H groups in total. The number of halogens is 1. The van der Waals surface area contributed by atoms with Gasteiger partial charge in [-0.1, -0.05) is 17.7 Å². The number of aromatic nitrogens is 1. The Kier molecular flexibility index (Phi) is 2.73. The zero-order valence-corrected chi connectivity index (χ0v) is 10.1. The maximum Gasteiger partial charge on any atom is 0.0529 e. The summed E-state index contributed by atoms with van der Waals surface area (Å²) in [6.45, 7) is 0. The lowest BCUT2D eigenvalue weighted by Gasteiger charge is -2.12. The van der Waals surface area contributed by atoms with Gasteiger partial charge in [0.1, 0.15) is 0 Å². The summed E-state index contributed by atoms with van der Waals surface area (Å²) in [5.74, 6) is 0. The number of anilines is 1. The summed E-state index contributed by atoms with van der Waals surface area (Å²) in [4.78, 5) is 4.11. The minimum absolute atomic E-state index is 0.452. The molecule has 1 heterocycles. The quantitative estimate of drug-likeness (QED) is 0.877. The van der Waals surface area contributed by atoms with E-state index < -0.39 is 0 Å². The normalized spacial score (nSPS) is 17.8. The Morgan fingerprint density at radius 2 is 2.06 bits per heavy atom. The third-order valence-electron chi connectivity index (χ3n) is 3.13. The summed E-state index contributed by atoms with van der Waals surface area (Å²) >= 11 is 6.00. The first kappa shape index (κ1) is 10.6. The first-order valence-corrected chi connectivity index (χ1v) is 6.13. The summed E-state index contributed by atoms with van der Waals surface area (Å²) in [5, 5.41) is 4.33. The Balaban J connectivity index is 1.74. The predicted molar refractivity (Wildman–Crippen MR) is 70.5 cm³/mol. The minimum atomic E-state index is 0.452. The lowest BCUT2D eigenvalue weighted by atomic mass is 10.1. The van der Waals surface area contributed by atoms with Gasteiger partial charge in [0.2, 0.25) is 0 Å². The van der Waals surface area contributed by atoms with E-state index in [1.807, 2.05) is 24.4 Å². The zero-order chi connectivity index (χ0) is 11.7. The number of nitrogens with zero attached hydrogens (tertiary/aromatic N) is 1. The highest BCUT2D eigenvalue weighted by Gasteiger charge is 2.21. The van der Waals surface area contributed by atoms with Crippen molar-refractivity contribution in [3.05, 3.63) is 58.9 Å². The van der Waals surface area contributed by atoms with E-state index >= 15 is 0 Å². The van der Waals surface area contributed by atoms with Crippen molar-refractivity contribution >= 4 is 17.3 Å². The number of hydrogen-bond acceptors (Lipinski definition) is 2. The molecular formula is C14H13ClN2. The van der Waals surface area contributed by atoms with Crippen LogP contribution < -0.4 is 5.32 Å². The van der Waals surface area contributed by atoms with Crippen molar-refractivity contribution in [1.29, 1.82) is 0 Å². The molecule has 0 saturated heterocycles. The van der Waals surface area contributed by atoms with Crippen LogP contribution in [0.25, 0.3) is 0 Å². The van der Waals surface area contributed by atoms with Crippen LogP contribution in [0.3, 0.4) is 0 Å². The maximum atomic E-state index is 6.00. The fourth-order valence-corrected chi connectivity index (χ4v) is 2.57. The fourth-order valence-electron chi connectivity index (χ4n) is 2.37. The van der Waals surface area contributed by atoms with E-state index in [4.69, 9.17) is 11.6 Å². The van der Waals surface area contributed by atoms with Gasteiger partial charge in [0, 0.05) is 23.5 Å². The van der Waals surface area contributed by atoms with E-state index in [9.17, 15) is 0 Å². The number of rotatable bonds is 2. The summed E-state index contributed by atoms with van der Waals surface area (Å²) in [7, 11) is 0. The molecule has 1 atom stereocenters. The Morgan fingerprint density at radius 1 is 1.18 bits per heavy atom. The number of fused-ring (bicyclic) bond motifs is 1. The van der Waals surface area contributed by atoms with E-state index in [-0.39, 0.29) is 0 Å². The third-order valence-corrected chi connectivity index (χ3v) is 3.37. The average molecular weight is 245 g/mol. The molecule has 0 radical (unpaired) electrons. The van der Waals surface area contributed by atoms with Crippen LogP contribution in [0.15, 0.2) is 42.7 Å². The second kappa shape index (κ2) is 4.38. The highest BCUT2D eigenvalue weighted by Crippen LogP contribution is 2.26. The molecule has 1 unspecified atom stereocenters. The first-order valence-electron chi connectivity index (χ1n) is 5.75. The van der Waals surface area contributed by atoms with Gasteiger partial charge in [-0.2, -0.15) is 0 Å². The molecule has 0 aliphatic heterocycles. The van der Waals surface area contributed by atoms with Gasteiger partial charge in [0.05, 0.1) is 5.69 Å². The lowest BCUT2D eigenvalue weighted by Crippen LogP contribution is -2.19. The van der Waals surface area contributed by atoms with Crippen LogP contribution in [0.2, 0.25) is 5.02 Å². The summed E-state index contributed by atoms with van der Waals surface area (Å²) in [6, 6.07) is 10.6. The number of hydrogen-bond donors (Lipinski definition) is 1. The molecule has 3 rings (SSSR count). The second-order valence-electron chi connectivity index (χ2n) is 4.40. The van der Waals surface area contributed by atoms with E-state index in [1.54, 1.807) is 6.20 Å². The van der Waals surface area contributed by atoms with Gasteiger partial charge in [0.25, 0.3) is 0 Å². The molecule has 17 heavy (non-hydrogen) atoms. The highest BCUT2D eigenvalue weighted by atomic mass is 35.5. The molecule has 3 heteroatoms. The van der Waals surface area contributed by atoms with Crippen LogP contribution in [0.4, 0.5) is 5.69 Å². The van der Waals surface area contributed by atoms with Crippen LogP contribution in [0.1, 0.15) is 11.1 Å². The van der Waals surface area contributed by atoms with Gasteiger partial charge in [-0.3, -0.25) is 4.98 Å². The molecule has 1 aromatic carbocycles. The topological polar surface area (TPSA) is 24.9 Å². The Bertz CT molecular complexity index is 525. The van der Waals surface area contributed by atoms with Crippen LogP contribution in [-0.4, -0.2) is 11.0 Å². The largest absolute Gasteiger partial charge is 0.380 e. The fraction of sp³-hybridized carbons (Fsp3) is 0.214. The van der Waals surface area contributed by atoms with Gasteiger partial charge in [-0.25, -0.2) is 0 Å². The Hall–Kier alpha value is -1.54. The molecular weight excluding hydrogens is 232 g/mol. The monoisotopic (exact) mass is 244 g/mol. The highest BCUT2D eigenvalue weighted by molar-refractivity contribution is 6.30. The van der Waals surface area contributed by atoms with Gasteiger partial charge in [-0.05, 0) is 48.2 Å². The van der Waals surface area contributed by atoms with Crippen LogP contribution in [0.5, 0.6) is 0 Å². The molecule has 1 aliphatic rings. The van der Waals surface area contributed by atoms with E-state index in [2.05, 4.69) is 22.4 Å². The van der Waals surface area contributed by atoms with Gasteiger partial charge < -0.3 is 5.32 Å².